The summed E-state index contributed by atoms with van der Waals surface area (Å²) in [4.78, 5) is 35.5. The summed E-state index contributed by atoms with van der Waals surface area (Å²) in [5.74, 6) is -1.36. The first-order valence-corrected chi connectivity index (χ1v) is 8.58. The predicted octanol–water partition coefficient (Wildman–Crippen LogP) is 2.39. The van der Waals surface area contributed by atoms with E-state index in [4.69, 9.17) is 9.84 Å². The molecule has 29 heavy (non-hydrogen) atoms. The van der Waals surface area contributed by atoms with Gasteiger partial charge in [0.05, 0.1) is 6.20 Å². The average Bonchev–Trinajstić information content (AvgIpc) is 3.08. The van der Waals surface area contributed by atoms with Gasteiger partial charge in [-0.3, -0.25) is 14.3 Å². The third kappa shape index (κ3) is 4.98. The number of ether oxygens (including phenoxy) is 1. The lowest BCUT2D eigenvalue weighted by Crippen LogP contribution is -2.20. The summed E-state index contributed by atoms with van der Waals surface area (Å²) in [7, 11) is 1.53. The molecule has 3 rings (SSSR count). The zero-order valence-electron chi connectivity index (χ0n) is 15.5. The highest BCUT2D eigenvalue weighted by Crippen LogP contribution is 2.16. The third-order valence-electron chi connectivity index (χ3n) is 3.95. The topological polar surface area (TPSA) is 123 Å². The zero-order chi connectivity index (χ0) is 20.8. The van der Waals surface area contributed by atoms with Crippen LogP contribution in [0.25, 0.3) is 0 Å². The monoisotopic (exact) mass is 394 g/mol. The highest BCUT2D eigenvalue weighted by Gasteiger charge is 2.18. The molecular weight excluding hydrogens is 376 g/mol. The molecule has 1 heterocycles. The Morgan fingerprint density at radius 1 is 1.03 bits per heavy atom. The predicted molar refractivity (Wildman–Crippen MR) is 105 cm³/mol. The van der Waals surface area contributed by atoms with Crippen LogP contribution in [0.2, 0.25) is 0 Å². The molecule has 9 nitrogen and oxygen atoms in total. The maximum absolute atomic E-state index is 12.4. The van der Waals surface area contributed by atoms with Crippen LogP contribution in [0.3, 0.4) is 0 Å². The van der Waals surface area contributed by atoms with E-state index in [9.17, 15) is 14.4 Å². The number of carboxylic acids is 1. The average molecular weight is 394 g/mol. The summed E-state index contributed by atoms with van der Waals surface area (Å²) in [6.45, 7) is -0.148. The van der Waals surface area contributed by atoms with Gasteiger partial charge in [-0.25, -0.2) is 4.79 Å². The van der Waals surface area contributed by atoms with E-state index in [-0.39, 0.29) is 23.9 Å². The van der Waals surface area contributed by atoms with E-state index >= 15 is 0 Å². The summed E-state index contributed by atoms with van der Waals surface area (Å²) in [6, 6.07) is 15.1. The summed E-state index contributed by atoms with van der Waals surface area (Å²) < 4.78 is 6.64. The van der Waals surface area contributed by atoms with Crippen molar-refractivity contribution in [1.29, 1.82) is 0 Å². The number of nitrogens with zero attached hydrogens (tertiary/aromatic N) is 2. The van der Waals surface area contributed by atoms with Crippen molar-refractivity contribution in [3.8, 4) is 5.75 Å². The molecule has 0 radical (unpaired) electrons. The Bertz CT molecular complexity index is 1030. The summed E-state index contributed by atoms with van der Waals surface area (Å²) >= 11 is 0. The molecular formula is C20H18N4O5. The molecule has 2 aromatic carbocycles. The van der Waals surface area contributed by atoms with Crippen LogP contribution in [0.4, 0.5) is 11.5 Å². The Balaban J connectivity index is 1.58. The number of aromatic carboxylic acids is 1. The minimum atomic E-state index is -1.19. The van der Waals surface area contributed by atoms with Crippen LogP contribution >= 0.6 is 0 Å². The van der Waals surface area contributed by atoms with E-state index in [2.05, 4.69) is 15.7 Å². The number of amides is 2. The Labute approximate surface area is 165 Å². The first-order chi connectivity index (χ1) is 13.9. The van der Waals surface area contributed by atoms with Gasteiger partial charge in [0, 0.05) is 18.3 Å². The van der Waals surface area contributed by atoms with Gasteiger partial charge >= 0.3 is 5.97 Å². The van der Waals surface area contributed by atoms with Crippen molar-refractivity contribution >= 4 is 29.3 Å². The first kappa shape index (κ1) is 19.6. The van der Waals surface area contributed by atoms with Crippen LogP contribution < -0.4 is 15.4 Å². The van der Waals surface area contributed by atoms with Crippen molar-refractivity contribution < 1.29 is 24.2 Å². The number of carbonyl (C=O) groups excluding carboxylic acids is 2. The van der Waals surface area contributed by atoms with Crippen LogP contribution in [-0.4, -0.2) is 39.3 Å². The number of carboxylic acid groups (broad SMARTS) is 1. The van der Waals surface area contributed by atoms with Gasteiger partial charge < -0.3 is 20.5 Å². The molecule has 0 aliphatic heterocycles. The largest absolute Gasteiger partial charge is 0.484 e. The minimum absolute atomic E-state index is 0.0814. The van der Waals surface area contributed by atoms with Crippen molar-refractivity contribution in [2.24, 2.45) is 7.05 Å². The fourth-order valence-electron chi connectivity index (χ4n) is 2.49. The number of carbonyl (C=O) groups is 3. The number of aryl methyl sites for hydroxylation is 1. The number of rotatable bonds is 7. The first-order valence-electron chi connectivity index (χ1n) is 8.58. The number of anilines is 2. The molecule has 1 aromatic heterocycles. The highest BCUT2D eigenvalue weighted by molar-refractivity contribution is 6.07. The molecule has 148 valence electrons. The summed E-state index contributed by atoms with van der Waals surface area (Å²) in [6.07, 6.45) is 1.16. The normalized spacial score (nSPS) is 10.2. The van der Waals surface area contributed by atoms with Crippen LogP contribution in [0.5, 0.6) is 5.75 Å². The Morgan fingerprint density at radius 3 is 2.38 bits per heavy atom. The van der Waals surface area contributed by atoms with E-state index in [0.717, 1.165) is 6.20 Å². The Kier molecular flexibility index (Phi) is 5.88. The molecule has 0 atom stereocenters. The van der Waals surface area contributed by atoms with E-state index < -0.39 is 11.9 Å². The Morgan fingerprint density at radius 2 is 1.72 bits per heavy atom. The highest BCUT2D eigenvalue weighted by atomic mass is 16.5. The second-order valence-corrected chi connectivity index (χ2v) is 6.02. The van der Waals surface area contributed by atoms with E-state index in [1.165, 1.54) is 23.9 Å². The lowest BCUT2D eigenvalue weighted by atomic mass is 10.2. The molecule has 0 aliphatic carbocycles. The molecule has 9 heteroatoms. The van der Waals surface area contributed by atoms with Gasteiger partial charge in [-0.05, 0) is 36.4 Å². The second-order valence-electron chi connectivity index (χ2n) is 6.02. The zero-order valence-corrected chi connectivity index (χ0v) is 15.5. The molecule has 0 saturated carbocycles. The number of hydrogen-bond acceptors (Lipinski definition) is 5. The van der Waals surface area contributed by atoms with Gasteiger partial charge in [-0.1, -0.05) is 18.2 Å². The quantitative estimate of drug-likeness (QED) is 0.565. The number of aromatic nitrogens is 2. The minimum Gasteiger partial charge on any atom is -0.484 e. The summed E-state index contributed by atoms with van der Waals surface area (Å²) in [5, 5.41) is 18.2. The number of para-hydroxylation sites is 1. The third-order valence-corrected chi connectivity index (χ3v) is 3.95. The van der Waals surface area contributed by atoms with Crippen LogP contribution in [0, 0.1) is 0 Å². The maximum Gasteiger partial charge on any atom is 0.341 e. The number of nitrogens with one attached hydrogen (secondary N) is 2. The summed E-state index contributed by atoms with van der Waals surface area (Å²) in [5.41, 5.74) is 0.680. The second kappa shape index (κ2) is 8.70. The van der Waals surface area contributed by atoms with Gasteiger partial charge in [-0.15, -0.1) is 0 Å². The molecule has 3 aromatic rings. The number of hydrogen-bond donors (Lipinski definition) is 3. The van der Waals surface area contributed by atoms with Gasteiger partial charge in [0.25, 0.3) is 11.8 Å². The van der Waals surface area contributed by atoms with Crippen molar-refractivity contribution in [2.45, 2.75) is 0 Å². The van der Waals surface area contributed by atoms with Crippen LogP contribution in [0.1, 0.15) is 20.7 Å². The maximum atomic E-state index is 12.4. The van der Waals surface area contributed by atoms with Gasteiger partial charge in [-0.2, -0.15) is 5.10 Å². The van der Waals surface area contributed by atoms with E-state index in [1.54, 1.807) is 24.3 Å². The van der Waals surface area contributed by atoms with E-state index in [1.807, 2.05) is 18.2 Å². The van der Waals surface area contributed by atoms with Gasteiger partial charge in [0.15, 0.2) is 6.61 Å². The van der Waals surface area contributed by atoms with Crippen molar-refractivity contribution in [1.82, 2.24) is 9.78 Å². The molecule has 3 N–H and O–H groups in total. The SMILES string of the molecule is Cn1ncc(C(=O)O)c1NC(=O)c1ccc(NC(=O)COc2ccccc2)cc1. The molecule has 2 amide bonds. The van der Waals surface area contributed by atoms with Crippen LogP contribution in [0.15, 0.2) is 60.8 Å². The molecule has 0 unspecified atom stereocenters. The molecule has 0 bridgehead atoms. The van der Waals surface area contributed by atoms with E-state index in [0.29, 0.717) is 17.0 Å². The van der Waals surface area contributed by atoms with Crippen molar-refractivity contribution in [2.75, 3.05) is 17.2 Å². The smallest absolute Gasteiger partial charge is 0.341 e. The molecule has 0 saturated heterocycles. The van der Waals surface area contributed by atoms with Gasteiger partial charge in [0.2, 0.25) is 0 Å². The number of benzene rings is 2. The molecule has 0 aliphatic rings. The fraction of sp³-hybridized carbons (Fsp3) is 0.100. The standard InChI is InChI=1S/C20H18N4O5/c1-24-18(16(11-21-24)20(27)28)23-19(26)13-7-9-14(10-8-13)22-17(25)12-29-15-5-3-2-4-6-15/h2-11H,12H2,1H3,(H,22,25)(H,23,26)(H,27,28). The lowest BCUT2D eigenvalue weighted by Gasteiger charge is -2.09. The lowest BCUT2D eigenvalue weighted by molar-refractivity contribution is -0.118. The van der Waals surface area contributed by atoms with Crippen molar-refractivity contribution in [3.63, 3.8) is 0 Å². The Hall–Kier alpha value is -4.14. The molecule has 0 fully saturated rings. The van der Waals surface area contributed by atoms with Crippen molar-refractivity contribution in [3.05, 3.63) is 71.9 Å². The molecule has 0 spiro atoms. The van der Waals surface area contributed by atoms with Crippen LogP contribution in [-0.2, 0) is 11.8 Å². The van der Waals surface area contributed by atoms with Gasteiger partial charge in [0.1, 0.15) is 17.1 Å². The fourth-order valence-corrected chi connectivity index (χ4v) is 2.49.